The molecule has 16 heteroatoms. The molecule has 0 rings (SSSR count). The molecule has 0 aromatic rings. The van der Waals surface area contributed by atoms with Crippen LogP contribution >= 0.6 is 99.0 Å². The molecule has 0 spiro atoms. The Kier molecular flexibility index (Phi) is 2040. The third-order valence-electron chi connectivity index (χ3n) is 0. The van der Waals surface area contributed by atoms with Gasteiger partial charge in [0.2, 0.25) is 0 Å². The maximum absolute atomic E-state index is 0. The van der Waals surface area contributed by atoms with Crippen LogP contribution in [0.3, 0.4) is 0 Å². The van der Waals surface area contributed by atoms with E-state index < -0.39 is 0 Å². The zero-order valence-electron chi connectivity index (χ0n) is 6.76. The standard InChI is InChI=1S/3Mo.10P.3Ru/q3*+6;10*-3;3*+4. The van der Waals surface area contributed by atoms with Gasteiger partial charge in [0.25, 0.3) is 0 Å². The Bertz CT molecular complexity index is 21.3. The summed E-state index contributed by atoms with van der Waals surface area (Å²) in [6.45, 7) is 0. The largest absolute Gasteiger partial charge is 6.00 e. The molecule has 0 aromatic carbocycles. The summed E-state index contributed by atoms with van der Waals surface area (Å²) in [6.07, 6.45) is 0. The third-order valence-corrected chi connectivity index (χ3v) is 0. The van der Waals surface area contributed by atoms with Crippen LogP contribution in [0, 0.1) is 0 Å². The van der Waals surface area contributed by atoms with Crippen molar-refractivity contribution in [3.05, 3.63) is 0 Å². The molecule has 0 nitrogen and oxygen atoms in total. The van der Waals surface area contributed by atoms with Crippen LogP contribution in [0.5, 0.6) is 0 Å². The monoisotopic (exact) mass is 909 g/mol. The van der Waals surface area contributed by atoms with Gasteiger partial charge in [-0.15, -0.1) is 0 Å². The van der Waals surface area contributed by atoms with Gasteiger partial charge in [0.15, 0.2) is 0 Å². The summed E-state index contributed by atoms with van der Waals surface area (Å²) in [5, 5.41) is 0. The van der Waals surface area contributed by atoms with E-state index in [9.17, 15) is 0 Å². The molecule has 0 aliphatic heterocycles. The molecule has 0 aromatic heterocycles. The fourth-order valence-electron chi connectivity index (χ4n) is 0. The molecular weight excluding hydrogens is 901 g/mol. The van der Waals surface area contributed by atoms with Crippen molar-refractivity contribution in [3.8, 4) is 0 Å². The molecule has 92 valence electrons. The molecule has 0 bridgehead atoms. The third kappa shape index (κ3) is 148. The Balaban J connectivity index is 0. The van der Waals surface area contributed by atoms with Gasteiger partial charge in [-0.05, 0) is 0 Å². The first kappa shape index (κ1) is 193. The molecule has 0 saturated carbocycles. The fraction of sp³-hybridized carbons (Fsp3) is 0. The average molecular weight is 901 g/mol. The molecule has 0 fully saturated rings. The van der Waals surface area contributed by atoms with Crippen LogP contribution in [0.15, 0.2) is 0 Å². The van der Waals surface area contributed by atoms with Crippen LogP contribution in [-0.4, -0.2) is 0 Å². The van der Waals surface area contributed by atoms with E-state index in [0.717, 1.165) is 0 Å². The van der Waals surface area contributed by atoms with Gasteiger partial charge in [-0.25, -0.2) is 0 Å². The van der Waals surface area contributed by atoms with E-state index in [2.05, 4.69) is 0 Å². The second-order valence-electron chi connectivity index (χ2n) is 0. The summed E-state index contributed by atoms with van der Waals surface area (Å²) < 4.78 is 0. The smallest absolute Gasteiger partial charge is 3.00 e. The summed E-state index contributed by atoms with van der Waals surface area (Å²) in [7, 11) is 0. The van der Waals surface area contributed by atoms with Gasteiger partial charge in [0.1, 0.15) is 0 Å². The van der Waals surface area contributed by atoms with Gasteiger partial charge in [0, 0.05) is 0 Å². The molecule has 0 atom stereocenters. The molecule has 16 heavy (non-hydrogen) atoms. The van der Waals surface area contributed by atoms with Gasteiger partial charge in [-0.2, -0.15) is 0 Å². The maximum Gasteiger partial charge on any atom is 6.00 e. The van der Waals surface area contributed by atoms with Crippen molar-refractivity contribution in [1.82, 2.24) is 0 Å². The van der Waals surface area contributed by atoms with E-state index in [4.69, 9.17) is 0 Å². The van der Waals surface area contributed by atoms with E-state index in [0.29, 0.717) is 0 Å². The van der Waals surface area contributed by atoms with Gasteiger partial charge >= 0.3 is 122 Å². The number of hydrogen-bond donors (Lipinski definition) is 0. The van der Waals surface area contributed by atoms with E-state index in [-0.39, 0.29) is 221 Å². The predicted octanol–water partition coefficient (Wildman–Crippen LogP) is 8.60. The van der Waals surface area contributed by atoms with Gasteiger partial charge in [-0.3, -0.25) is 0 Å². The second kappa shape index (κ2) is 169. The topological polar surface area (TPSA) is 0 Å². The van der Waals surface area contributed by atoms with E-state index in [1.807, 2.05) is 0 Å². The van der Waals surface area contributed by atoms with E-state index in [1.54, 1.807) is 0 Å². The predicted molar refractivity (Wildman–Crippen MR) is 69.2 cm³/mol. The van der Waals surface area contributed by atoms with Gasteiger partial charge < -0.3 is 99.0 Å². The number of hydrogen-bond acceptors (Lipinski definition) is 0. The molecule has 0 N–H and O–H groups in total. The first-order valence-corrected chi connectivity index (χ1v) is 0. The molecule has 0 aliphatic carbocycles. The van der Waals surface area contributed by atoms with Crippen molar-refractivity contribution in [1.29, 1.82) is 0 Å². The quantitative estimate of drug-likeness (QED) is 0.169. The van der Waals surface area contributed by atoms with Crippen LogP contribution in [0.4, 0.5) is 0 Å². The summed E-state index contributed by atoms with van der Waals surface area (Å²) in [6, 6.07) is 0. The molecule has 0 unspecified atom stereocenters. The van der Waals surface area contributed by atoms with Crippen LogP contribution in [0.1, 0.15) is 0 Å². The molecule has 0 radical (unpaired) electrons. The molecule has 0 amide bonds. The summed E-state index contributed by atoms with van der Waals surface area (Å²) in [5.74, 6) is 0. The van der Waals surface area contributed by atoms with E-state index in [1.165, 1.54) is 0 Å². The summed E-state index contributed by atoms with van der Waals surface area (Å²) in [4.78, 5) is 0. The zero-order valence-corrected chi connectivity index (χ0v) is 26.9. The first-order valence-electron chi connectivity index (χ1n) is 0. The molecule has 0 heterocycles. The van der Waals surface area contributed by atoms with Crippen molar-refractivity contribution in [3.63, 3.8) is 0 Å². The number of rotatable bonds is 0. The second-order valence-corrected chi connectivity index (χ2v) is 0. The van der Waals surface area contributed by atoms with Crippen LogP contribution in [0.25, 0.3) is 0 Å². The molecular formula is Mo3P10Ru3. The van der Waals surface area contributed by atoms with Crippen molar-refractivity contribution in [2.24, 2.45) is 0 Å². The Morgan fingerprint density at radius 1 is 0.188 bits per heavy atom. The van der Waals surface area contributed by atoms with Crippen LogP contribution in [0.2, 0.25) is 0 Å². The molecule has 0 aliphatic rings. The Morgan fingerprint density at radius 2 is 0.188 bits per heavy atom. The van der Waals surface area contributed by atoms with Gasteiger partial charge in [0.05, 0.1) is 0 Å². The maximum atomic E-state index is 0. The minimum atomic E-state index is 0. The van der Waals surface area contributed by atoms with Crippen molar-refractivity contribution in [2.75, 3.05) is 0 Å². The zero-order chi connectivity index (χ0) is 0. The minimum Gasteiger partial charge on any atom is -3.00 e. The fourth-order valence-corrected chi connectivity index (χ4v) is 0. The van der Waals surface area contributed by atoms with Crippen molar-refractivity contribution in [2.45, 2.75) is 0 Å². The Labute approximate surface area is 217 Å². The normalized spacial score (nSPS) is 0. The SMILES string of the molecule is [Mo+6].[Mo+6].[Mo+6].[P-3].[P-3].[P-3].[P-3].[P-3].[P-3].[P-3].[P-3].[P-3].[P-3].[Ru+4].[Ru+4].[Ru+4]. The summed E-state index contributed by atoms with van der Waals surface area (Å²) >= 11 is 0. The molecule has 0 saturated heterocycles. The van der Waals surface area contributed by atoms with E-state index >= 15 is 0 Å². The minimum absolute atomic E-state index is 0. The van der Waals surface area contributed by atoms with Gasteiger partial charge in [-0.1, -0.05) is 0 Å². The van der Waals surface area contributed by atoms with Crippen molar-refractivity contribution < 1.29 is 122 Å². The average Bonchev–Trinajstić information content (AvgIpc) is 0. The van der Waals surface area contributed by atoms with Crippen molar-refractivity contribution >= 4 is 99.0 Å². The van der Waals surface area contributed by atoms with Crippen LogP contribution in [-0.2, 0) is 122 Å². The Hall–Kier alpha value is 8.24. The summed E-state index contributed by atoms with van der Waals surface area (Å²) in [5.41, 5.74) is 0. The van der Waals surface area contributed by atoms with Crippen LogP contribution < -0.4 is 0 Å². The Morgan fingerprint density at radius 3 is 0.188 bits per heavy atom. The first-order chi connectivity index (χ1) is 0.